The van der Waals surface area contributed by atoms with Crippen LogP contribution in [0.4, 0.5) is 0 Å². The van der Waals surface area contributed by atoms with Gasteiger partial charge in [-0.05, 0) is 44.2 Å². The zero-order valence-electron chi connectivity index (χ0n) is 9.01. The topological polar surface area (TPSA) is 24.1 Å². The average Bonchev–Trinajstić information content (AvgIpc) is 2.62. The molecule has 0 saturated heterocycles. The van der Waals surface area contributed by atoms with Crippen molar-refractivity contribution >= 4 is 29.1 Å². The highest BCUT2D eigenvalue weighted by molar-refractivity contribution is 7.99. The fourth-order valence-electron chi connectivity index (χ4n) is 1.76. The van der Waals surface area contributed by atoms with Crippen LogP contribution in [0.3, 0.4) is 0 Å². The molecule has 1 aliphatic rings. The predicted octanol–water partition coefficient (Wildman–Crippen LogP) is 2.14. The van der Waals surface area contributed by atoms with E-state index in [4.69, 9.17) is 12.2 Å². The summed E-state index contributed by atoms with van der Waals surface area (Å²) in [6, 6.07) is 0.601. The molecule has 82 valence electrons. The first-order chi connectivity index (χ1) is 6.76. The van der Waals surface area contributed by atoms with Crippen molar-refractivity contribution in [3.05, 3.63) is 0 Å². The van der Waals surface area contributed by atoms with E-state index in [1.807, 2.05) is 11.8 Å². The van der Waals surface area contributed by atoms with Crippen molar-refractivity contribution in [3.8, 4) is 0 Å². The Labute approximate surface area is 96.6 Å². The Morgan fingerprint density at radius 1 is 1.50 bits per heavy atom. The first-order valence-corrected chi connectivity index (χ1v) is 7.03. The van der Waals surface area contributed by atoms with Gasteiger partial charge in [-0.1, -0.05) is 6.92 Å². The number of nitrogens with one attached hydrogen (secondary N) is 2. The average molecular weight is 232 g/mol. The van der Waals surface area contributed by atoms with Gasteiger partial charge in [-0.25, -0.2) is 0 Å². The molecule has 1 saturated carbocycles. The molecule has 2 unspecified atom stereocenters. The summed E-state index contributed by atoms with van der Waals surface area (Å²) in [5.74, 6) is 0. The molecule has 1 aliphatic carbocycles. The SMILES string of the molecule is CCCNC(=S)NC1CCC(SC)C1. The molecule has 0 aromatic rings. The van der Waals surface area contributed by atoms with Gasteiger partial charge in [0.15, 0.2) is 5.11 Å². The lowest BCUT2D eigenvalue weighted by molar-refractivity contribution is 0.621. The Kier molecular flexibility index (Phi) is 5.63. The van der Waals surface area contributed by atoms with Gasteiger partial charge in [0.2, 0.25) is 0 Å². The molecule has 0 radical (unpaired) electrons. The van der Waals surface area contributed by atoms with E-state index in [9.17, 15) is 0 Å². The molecule has 0 spiro atoms. The minimum absolute atomic E-state index is 0.601. The Morgan fingerprint density at radius 2 is 2.29 bits per heavy atom. The zero-order valence-corrected chi connectivity index (χ0v) is 10.6. The van der Waals surface area contributed by atoms with Crippen LogP contribution in [0.5, 0.6) is 0 Å². The predicted molar refractivity (Wildman–Crippen MR) is 69.0 cm³/mol. The lowest BCUT2D eigenvalue weighted by Gasteiger charge is -2.15. The second kappa shape index (κ2) is 6.51. The van der Waals surface area contributed by atoms with Gasteiger partial charge >= 0.3 is 0 Å². The molecule has 0 bridgehead atoms. The van der Waals surface area contributed by atoms with Crippen LogP contribution < -0.4 is 10.6 Å². The van der Waals surface area contributed by atoms with Crippen molar-refractivity contribution in [2.45, 2.75) is 43.9 Å². The van der Waals surface area contributed by atoms with Crippen LogP contribution in [0.15, 0.2) is 0 Å². The summed E-state index contributed by atoms with van der Waals surface area (Å²) in [4.78, 5) is 0. The maximum atomic E-state index is 5.20. The summed E-state index contributed by atoms with van der Waals surface area (Å²) in [6.45, 7) is 3.12. The Bertz CT molecular complexity index is 185. The van der Waals surface area contributed by atoms with Gasteiger partial charge in [0, 0.05) is 17.8 Å². The number of rotatable bonds is 4. The standard InChI is InChI=1S/C10H20N2S2/c1-3-6-11-10(13)12-8-4-5-9(7-8)14-2/h8-9H,3-7H2,1-2H3,(H2,11,12,13). The molecule has 14 heavy (non-hydrogen) atoms. The molecular weight excluding hydrogens is 212 g/mol. The number of thioether (sulfide) groups is 1. The van der Waals surface area contributed by atoms with Crippen LogP contribution in [0.25, 0.3) is 0 Å². The zero-order chi connectivity index (χ0) is 10.4. The molecule has 4 heteroatoms. The summed E-state index contributed by atoms with van der Waals surface area (Å²) < 4.78 is 0. The third-order valence-corrected chi connectivity index (χ3v) is 3.95. The van der Waals surface area contributed by atoms with Crippen LogP contribution in [0, 0.1) is 0 Å². The third-order valence-electron chi connectivity index (χ3n) is 2.59. The largest absolute Gasteiger partial charge is 0.363 e. The molecule has 2 atom stereocenters. The van der Waals surface area contributed by atoms with Crippen molar-refractivity contribution in [2.75, 3.05) is 12.8 Å². The quantitative estimate of drug-likeness (QED) is 0.725. The van der Waals surface area contributed by atoms with E-state index in [0.29, 0.717) is 6.04 Å². The minimum Gasteiger partial charge on any atom is -0.363 e. The van der Waals surface area contributed by atoms with Crippen LogP contribution in [-0.4, -0.2) is 29.2 Å². The van der Waals surface area contributed by atoms with Crippen LogP contribution >= 0.6 is 24.0 Å². The summed E-state index contributed by atoms with van der Waals surface area (Å²) >= 11 is 7.18. The summed E-state index contributed by atoms with van der Waals surface area (Å²) in [5, 5.41) is 8.26. The maximum Gasteiger partial charge on any atom is 0.166 e. The molecule has 2 N–H and O–H groups in total. The second-order valence-electron chi connectivity index (χ2n) is 3.77. The Balaban J connectivity index is 2.15. The lowest BCUT2D eigenvalue weighted by Crippen LogP contribution is -2.41. The molecule has 0 amide bonds. The maximum absolute atomic E-state index is 5.20. The van der Waals surface area contributed by atoms with Gasteiger partial charge in [0.25, 0.3) is 0 Å². The van der Waals surface area contributed by atoms with E-state index >= 15 is 0 Å². The van der Waals surface area contributed by atoms with Gasteiger partial charge in [-0.3, -0.25) is 0 Å². The molecule has 0 aromatic carbocycles. The van der Waals surface area contributed by atoms with Crippen LogP contribution in [0.1, 0.15) is 32.6 Å². The highest BCUT2D eigenvalue weighted by atomic mass is 32.2. The smallest absolute Gasteiger partial charge is 0.166 e. The highest BCUT2D eigenvalue weighted by Gasteiger charge is 2.23. The van der Waals surface area contributed by atoms with Gasteiger partial charge in [0.05, 0.1) is 0 Å². The van der Waals surface area contributed by atoms with E-state index in [1.165, 1.54) is 19.3 Å². The molecule has 0 aliphatic heterocycles. The minimum atomic E-state index is 0.601. The molecule has 2 nitrogen and oxygen atoms in total. The fraction of sp³-hybridized carbons (Fsp3) is 0.900. The first kappa shape index (κ1) is 12.1. The van der Waals surface area contributed by atoms with Crippen molar-refractivity contribution in [1.82, 2.24) is 10.6 Å². The van der Waals surface area contributed by atoms with Gasteiger partial charge in [0.1, 0.15) is 0 Å². The summed E-state index contributed by atoms with van der Waals surface area (Å²) in [7, 11) is 0. The van der Waals surface area contributed by atoms with Crippen molar-refractivity contribution in [3.63, 3.8) is 0 Å². The van der Waals surface area contributed by atoms with E-state index < -0.39 is 0 Å². The van der Waals surface area contributed by atoms with Gasteiger partial charge in [-0.2, -0.15) is 11.8 Å². The Hall–Kier alpha value is 0.0400. The second-order valence-corrected chi connectivity index (χ2v) is 5.31. The molecule has 0 aromatic heterocycles. The highest BCUT2D eigenvalue weighted by Crippen LogP contribution is 2.27. The summed E-state index contributed by atoms with van der Waals surface area (Å²) in [5.41, 5.74) is 0. The molecule has 0 heterocycles. The van der Waals surface area contributed by atoms with E-state index in [-0.39, 0.29) is 0 Å². The van der Waals surface area contributed by atoms with Crippen molar-refractivity contribution < 1.29 is 0 Å². The fourth-order valence-corrected chi connectivity index (χ4v) is 2.83. The van der Waals surface area contributed by atoms with E-state index in [1.54, 1.807) is 0 Å². The van der Waals surface area contributed by atoms with Crippen molar-refractivity contribution in [1.29, 1.82) is 0 Å². The van der Waals surface area contributed by atoms with E-state index in [0.717, 1.165) is 23.3 Å². The molecule has 1 fully saturated rings. The van der Waals surface area contributed by atoms with Crippen LogP contribution in [-0.2, 0) is 0 Å². The van der Waals surface area contributed by atoms with Crippen LogP contribution in [0.2, 0.25) is 0 Å². The molecule has 1 rings (SSSR count). The van der Waals surface area contributed by atoms with E-state index in [2.05, 4.69) is 23.8 Å². The monoisotopic (exact) mass is 232 g/mol. The number of thiocarbonyl (C=S) groups is 1. The number of hydrogen-bond donors (Lipinski definition) is 2. The molecular formula is C10H20N2S2. The normalized spacial score (nSPS) is 26.1. The van der Waals surface area contributed by atoms with Gasteiger partial charge < -0.3 is 10.6 Å². The van der Waals surface area contributed by atoms with Crippen molar-refractivity contribution in [2.24, 2.45) is 0 Å². The first-order valence-electron chi connectivity index (χ1n) is 5.33. The third kappa shape index (κ3) is 4.05. The number of hydrogen-bond acceptors (Lipinski definition) is 2. The summed E-state index contributed by atoms with van der Waals surface area (Å²) in [6.07, 6.45) is 7.17. The lowest BCUT2D eigenvalue weighted by atomic mass is 10.2. The Morgan fingerprint density at radius 3 is 2.86 bits per heavy atom. The van der Waals surface area contributed by atoms with Gasteiger partial charge in [-0.15, -0.1) is 0 Å².